The zero-order valence-corrected chi connectivity index (χ0v) is 21.4. The van der Waals surface area contributed by atoms with Crippen LogP contribution in [0.4, 0.5) is 5.69 Å². The van der Waals surface area contributed by atoms with Crippen LogP contribution in [0.1, 0.15) is 16.7 Å². The van der Waals surface area contributed by atoms with Crippen molar-refractivity contribution in [1.29, 1.82) is 0 Å². The minimum absolute atomic E-state index is 0.260. The van der Waals surface area contributed by atoms with E-state index in [4.69, 9.17) is 14.2 Å². The molecule has 9 nitrogen and oxygen atoms in total. The molecule has 0 aliphatic carbocycles. The largest absolute Gasteiger partial charge is 0.493 e. The minimum Gasteiger partial charge on any atom is -0.493 e. The van der Waals surface area contributed by atoms with Crippen molar-refractivity contribution in [3.05, 3.63) is 83.4 Å². The average molecular weight is 512 g/mol. The molecule has 0 aliphatic heterocycles. The second kappa shape index (κ2) is 12.1. The van der Waals surface area contributed by atoms with Gasteiger partial charge in [0.25, 0.3) is 5.91 Å². The Kier molecular flexibility index (Phi) is 8.91. The van der Waals surface area contributed by atoms with Gasteiger partial charge in [-0.05, 0) is 54.4 Å². The topological polar surface area (TPSA) is 107 Å². The lowest BCUT2D eigenvalue weighted by Crippen LogP contribution is -2.39. The second-order valence-electron chi connectivity index (χ2n) is 7.95. The van der Waals surface area contributed by atoms with E-state index in [2.05, 4.69) is 10.5 Å². The van der Waals surface area contributed by atoms with E-state index in [9.17, 15) is 13.2 Å². The van der Waals surface area contributed by atoms with Crippen LogP contribution in [0.15, 0.2) is 71.8 Å². The summed E-state index contributed by atoms with van der Waals surface area (Å²) in [5.41, 5.74) is 5.62. The van der Waals surface area contributed by atoms with Crippen molar-refractivity contribution in [2.45, 2.75) is 13.5 Å². The number of carbonyl (C=O) groups is 1. The molecule has 0 atom stereocenters. The molecular weight excluding hydrogens is 482 g/mol. The lowest BCUT2D eigenvalue weighted by Gasteiger charge is -2.22. The number of hydrogen-bond acceptors (Lipinski definition) is 7. The predicted octanol–water partition coefficient (Wildman–Crippen LogP) is 3.51. The Balaban J connectivity index is 1.58. The van der Waals surface area contributed by atoms with Gasteiger partial charge < -0.3 is 14.2 Å². The number of anilines is 1. The molecule has 3 rings (SSSR count). The van der Waals surface area contributed by atoms with E-state index in [0.29, 0.717) is 23.9 Å². The molecule has 1 amide bonds. The number of carbonyl (C=O) groups excluding carboxylic acids is 1. The third kappa shape index (κ3) is 7.47. The number of sulfonamides is 1. The van der Waals surface area contributed by atoms with E-state index in [-0.39, 0.29) is 5.69 Å². The van der Waals surface area contributed by atoms with Gasteiger partial charge in [-0.15, -0.1) is 0 Å². The maximum absolute atomic E-state index is 12.4. The fourth-order valence-electron chi connectivity index (χ4n) is 3.23. The lowest BCUT2D eigenvalue weighted by molar-refractivity contribution is -0.119. The maximum Gasteiger partial charge on any atom is 0.260 e. The van der Waals surface area contributed by atoms with Crippen LogP contribution in [-0.4, -0.2) is 47.6 Å². The normalized spacial score (nSPS) is 11.2. The second-order valence-corrected chi connectivity index (χ2v) is 9.85. The Morgan fingerprint density at radius 2 is 1.64 bits per heavy atom. The van der Waals surface area contributed by atoms with Crippen LogP contribution in [0.3, 0.4) is 0 Å². The summed E-state index contributed by atoms with van der Waals surface area (Å²) >= 11 is 0. The van der Waals surface area contributed by atoms with Crippen molar-refractivity contribution in [2.75, 3.05) is 31.3 Å². The van der Waals surface area contributed by atoms with Gasteiger partial charge in [-0.2, -0.15) is 5.10 Å². The van der Waals surface area contributed by atoms with Gasteiger partial charge in [0, 0.05) is 6.07 Å². The highest BCUT2D eigenvalue weighted by atomic mass is 32.2. The summed E-state index contributed by atoms with van der Waals surface area (Å²) in [6, 6.07) is 19.9. The molecule has 0 heterocycles. The summed E-state index contributed by atoms with van der Waals surface area (Å²) in [6.07, 6.45) is 2.48. The lowest BCUT2D eigenvalue weighted by atomic mass is 10.2. The molecule has 0 fully saturated rings. The van der Waals surface area contributed by atoms with Crippen LogP contribution < -0.4 is 23.9 Å². The number of ether oxygens (including phenoxy) is 3. The van der Waals surface area contributed by atoms with Crippen LogP contribution in [0.5, 0.6) is 17.2 Å². The monoisotopic (exact) mass is 511 g/mol. The number of rotatable bonds is 11. The number of hydrogen-bond donors (Lipinski definition) is 1. The van der Waals surface area contributed by atoms with Gasteiger partial charge in [0.2, 0.25) is 10.0 Å². The van der Waals surface area contributed by atoms with Crippen LogP contribution in [0, 0.1) is 6.92 Å². The molecule has 0 saturated carbocycles. The Bertz CT molecular complexity index is 1310. The van der Waals surface area contributed by atoms with Crippen molar-refractivity contribution < 1.29 is 27.4 Å². The van der Waals surface area contributed by atoms with Crippen LogP contribution in [0.25, 0.3) is 0 Å². The van der Waals surface area contributed by atoms with Gasteiger partial charge in [-0.3, -0.25) is 9.10 Å². The Morgan fingerprint density at radius 1 is 0.972 bits per heavy atom. The molecule has 0 aliphatic rings. The van der Waals surface area contributed by atoms with Crippen molar-refractivity contribution in [3.8, 4) is 17.2 Å². The Labute approximate surface area is 211 Å². The van der Waals surface area contributed by atoms with Gasteiger partial charge in [-0.1, -0.05) is 29.8 Å². The first-order valence-electron chi connectivity index (χ1n) is 11.0. The van der Waals surface area contributed by atoms with Crippen LogP contribution in [-0.2, 0) is 21.4 Å². The maximum atomic E-state index is 12.4. The predicted molar refractivity (Wildman–Crippen MR) is 139 cm³/mol. The number of nitrogens with zero attached hydrogens (tertiary/aromatic N) is 2. The molecule has 36 heavy (non-hydrogen) atoms. The number of benzene rings is 3. The highest BCUT2D eigenvalue weighted by Crippen LogP contribution is 2.32. The highest BCUT2D eigenvalue weighted by molar-refractivity contribution is 7.92. The molecule has 0 saturated heterocycles. The summed E-state index contributed by atoms with van der Waals surface area (Å²) in [4.78, 5) is 12.4. The van der Waals surface area contributed by atoms with Gasteiger partial charge >= 0.3 is 0 Å². The fourth-order valence-corrected chi connectivity index (χ4v) is 4.07. The third-order valence-corrected chi connectivity index (χ3v) is 6.29. The molecule has 0 spiro atoms. The molecular formula is C26H29N3O6S. The van der Waals surface area contributed by atoms with Gasteiger partial charge in [-0.25, -0.2) is 13.8 Å². The molecule has 3 aromatic carbocycles. The minimum atomic E-state index is -3.76. The summed E-state index contributed by atoms with van der Waals surface area (Å²) in [5.74, 6) is 0.878. The Hall–Kier alpha value is -4.05. The molecule has 1 N–H and O–H groups in total. The number of hydrazone groups is 1. The number of aryl methyl sites for hydroxylation is 1. The fraction of sp³-hybridized carbons (Fsp3) is 0.231. The molecule has 0 aromatic heterocycles. The zero-order chi connectivity index (χ0) is 26.1. The van der Waals surface area contributed by atoms with Crippen LogP contribution in [0.2, 0.25) is 0 Å². The van der Waals surface area contributed by atoms with Crippen molar-refractivity contribution in [1.82, 2.24) is 5.43 Å². The molecule has 190 valence electrons. The molecule has 3 aromatic rings. The van der Waals surface area contributed by atoms with Crippen LogP contribution >= 0.6 is 0 Å². The van der Waals surface area contributed by atoms with Crippen molar-refractivity contribution >= 4 is 27.8 Å². The standard InChI is InChI=1S/C26H29N3O6S/c1-19-5-7-21(8-6-19)18-35-23-12-9-20(10-13-23)16-27-28-26(30)17-29(36(4,31)32)22-11-14-24(33-2)25(15-22)34-3/h5-16H,17-18H2,1-4H3,(H,28,30)/b27-16-. The number of nitrogens with one attached hydrogen (secondary N) is 1. The first-order valence-corrected chi connectivity index (χ1v) is 12.8. The molecule has 0 unspecified atom stereocenters. The van der Waals surface area contributed by atoms with E-state index in [0.717, 1.165) is 21.7 Å². The quantitative estimate of drug-likeness (QED) is 0.312. The smallest absolute Gasteiger partial charge is 0.260 e. The summed E-state index contributed by atoms with van der Waals surface area (Å²) in [5, 5.41) is 3.93. The van der Waals surface area contributed by atoms with Crippen molar-refractivity contribution in [3.63, 3.8) is 0 Å². The molecule has 0 radical (unpaired) electrons. The first kappa shape index (κ1) is 26.6. The summed E-state index contributed by atoms with van der Waals surface area (Å²) in [6.45, 7) is 2.03. The van der Waals surface area contributed by atoms with E-state index < -0.39 is 22.5 Å². The van der Waals surface area contributed by atoms with Crippen molar-refractivity contribution in [2.24, 2.45) is 5.10 Å². The first-order chi connectivity index (χ1) is 17.2. The average Bonchev–Trinajstić information content (AvgIpc) is 2.86. The van der Waals surface area contributed by atoms with E-state index >= 15 is 0 Å². The van der Waals surface area contributed by atoms with E-state index in [1.807, 2.05) is 31.2 Å². The number of amides is 1. The number of methoxy groups -OCH3 is 2. The van der Waals surface area contributed by atoms with Gasteiger partial charge in [0.05, 0.1) is 32.4 Å². The zero-order valence-electron chi connectivity index (χ0n) is 20.6. The molecule has 10 heteroatoms. The van der Waals surface area contributed by atoms with E-state index in [1.54, 1.807) is 30.3 Å². The van der Waals surface area contributed by atoms with Gasteiger partial charge in [0.1, 0.15) is 18.9 Å². The van der Waals surface area contributed by atoms with Gasteiger partial charge in [0.15, 0.2) is 11.5 Å². The summed E-state index contributed by atoms with van der Waals surface area (Å²) in [7, 11) is -0.840. The highest BCUT2D eigenvalue weighted by Gasteiger charge is 2.22. The summed E-state index contributed by atoms with van der Waals surface area (Å²) < 4.78 is 41.8. The third-order valence-electron chi connectivity index (χ3n) is 5.15. The van der Waals surface area contributed by atoms with E-state index in [1.165, 1.54) is 38.1 Å². The Morgan fingerprint density at radius 3 is 2.25 bits per heavy atom. The SMILES string of the molecule is COc1ccc(N(CC(=O)N/N=C\c2ccc(OCc3ccc(C)cc3)cc2)S(C)(=O)=O)cc1OC. The molecule has 0 bridgehead atoms.